The summed E-state index contributed by atoms with van der Waals surface area (Å²) in [5.74, 6) is 0.284. The molecule has 0 saturated heterocycles. The highest BCUT2D eigenvalue weighted by Crippen LogP contribution is 2.35. The lowest BCUT2D eigenvalue weighted by molar-refractivity contribution is 0.102. The minimum absolute atomic E-state index is 0.320. The fourth-order valence-corrected chi connectivity index (χ4v) is 3.15. The van der Waals surface area contributed by atoms with Crippen molar-refractivity contribution in [2.75, 3.05) is 18.2 Å². The molecule has 0 aromatic heterocycles. The van der Waals surface area contributed by atoms with Gasteiger partial charge in [0.2, 0.25) is 0 Å². The van der Waals surface area contributed by atoms with Gasteiger partial charge >= 0.3 is 0 Å². The molecule has 0 fully saturated rings. The number of carbonyl (C=O) groups is 1. The number of benzene rings is 2. The van der Waals surface area contributed by atoms with E-state index in [1.807, 2.05) is 0 Å². The second kappa shape index (κ2) is 6.68. The van der Waals surface area contributed by atoms with Crippen LogP contribution in [0.2, 0.25) is 5.02 Å². The summed E-state index contributed by atoms with van der Waals surface area (Å²) in [6.07, 6.45) is 0. The van der Waals surface area contributed by atoms with Crippen LogP contribution >= 0.6 is 43.5 Å². The Hall–Kier alpha value is -1.24. The number of methoxy groups -OCH3 is 1. The number of nitrogens with one attached hydrogen (secondary N) is 1. The molecule has 2 aromatic rings. The summed E-state index contributed by atoms with van der Waals surface area (Å²) < 4.78 is 6.70. The minimum Gasteiger partial charge on any atom is -0.495 e. The molecule has 110 valence electrons. The monoisotopic (exact) mass is 432 g/mol. The summed E-state index contributed by atoms with van der Waals surface area (Å²) in [6, 6.07) is 8.23. The summed E-state index contributed by atoms with van der Waals surface area (Å²) in [5.41, 5.74) is 7.06. The number of amides is 1. The molecule has 0 aliphatic carbocycles. The van der Waals surface area contributed by atoms with Gasteiger partial charge in [0.1, 0.15) is 5.75 Å². The fraction of sp³-hybridized carbons (Fsp3) is 0.0714. The van der Waals surface area contributed by atoms with Crippen LogP contribution in [0.5, 0.6) is 5.75 Å². The lowest BCUT2D eigenvalue weighted by Gasteiger charge is -2.12. The van der Waals surface area contributed by atoms with Crippen molar-refractivity contribution >= 4 is 60.7 Å². The molecule has 0 heterocycles. The van der Waals surface area contributed by atoms with Gasteiger partial charge in [0.05, 0.1) is 22.8 Å². The van der Waals surface area contributed by atoms with E-state index in [1.54, 1.807) is 31.4 Å². The number of anilines is 2. The molecule has 0 radical (unpaired) electrons. The average molecular weight is 435 g/mol. The Labute approximate surface area is 143 Å². The lowest BCUT2D eigenvalue weighted by atomic mass is 10.1. The van der Waals surface area contributed by atoms with E-state index in [-0.39, 0.29) is 5.91 Å². The van der Waals surface area contributed by atoms with E-state index < -0.39 is 0 Å². The highest BCUT2D eigenvalue weighted by atomic mass is 79.9. The van der Waals surface area contributed by atoms with Crippen molar-refractivity contribution in [2.24, 2.45) is 0 Å². The van der Waals surface area contributed by atoms with E-state index in [2.05, 4.69) is 37.2 Å². The van der Waals surface area contributed by atoms with Crippen molar-refractivity contribution in [1.82, 2.24) is 0 Å². The second-order valence-electron chi connectivity index (χ2n) is 4.15. The van der Waals surface area contributed by atoms with Crippen LogP contribution < -0.4 is 15.8 Å². The van der Waals surface area contributed by atoms with E-state index in [0.717, 1.165) is 8.95 Å². The Morgan fingerprint density at radius 2 is 1.95 bits per heavy atom. The third-order valence-electron chi connectivity index (χ3n) is 2.75. The van der Waals surface area contributed by atoms with Gasteiger partial charge in [0.25, 0.3) is 5.91 Å². The first-order chi connectivity index (χ1) is 9.92. The Kier molecular flexibility index (Phi) is 5.13. The number of halogens is 3. The molecule has 0 saturated carbocycles. The third-order valence-corrected chi connectivity index (χ3v) is 4.26. The number of ether oxygens (including phenoxy) is 1. The summed E-state index contributed by atoms with van der Waals surface area (Å²) in [7, 11) is 1.55. The molecule has 0 bridgehead atoms. The van der Waals surface area contributed by atoms with Crippen molar-refractivity contribution in [3.8, 4) is 5.75 Å². The zero-order chi connectivity index (χ0) is 15.6. The Bertz CT molecular complexity index is 708. The highest BCUT2D eigenvalue weighted by Gasteiger charge is 2.14. The van der Waals surface area contributed by atoms with Crippen LogP contribution in [-0.2, 0) is 0 Å². The first kappa shape index (κ1) is 16.1. The molecule has 1 amide bonds. The number of nitrogen functional groups attached to an aromatic ring is 1. The van der Waals surface area contributed by atoms with Gasteiger partial charge in [0, 0.05) is 21.2 Å². The highest BCUT2D eigenvalue weighted by molar-refractivity contribution is 9.11. The number of rotatable bonds is 3. The first-order valence-corrected chi connectivity index (χ1v) is 7.78. The molecule has 2 rings (SSSR count). The fourth-order valence-electron chi connectivity index (χ4n) is 1.71. The van der Waals surface area contributed by atoms with Crippen LogP contribution in [0.4, 0.5) is 11.4 Å². The predicted octanol–water partition coefficient (Wildman–Crippen LogP) is 4.71. The third kappa shape index (κ3) is 3.70. The van der Waals surface area contributed by atoms with Crippen LogP contribution in [0.25, 0.3) is 0 Å². The number of hydrogen-bond acceptors (Lipinski definition) is 3. The maximum atomic E-state index is 12.3. The predicted molar refractivity (Wildman–Crippen MR) is 92.2 cm³/mol. The summed E-state index contributed by atoms with van der Waals surface area (Å²) in [5, 5.41) is 3.26. The summed E-state index contributed by atoms with van der Waals surface area (Å²) >= 11 is 12.6. The molecule has 4 nitrogen and oxygen atoms in total. The van der Waals surface area contributed by atoms with Crippen molar-refractivity contribution in [1.29, 1.82) is 0 Å². The van der Waals surface area contributed by atoms with Gasteiger partial charge in [-0.1, -0.05) is 11.6 Å². The van der Waals surface area contributed by atoms with Gasteiger partial charge in [-0.3, -0.25) is 4.79 Å². The second-order valence-corrected chi connectivity index (χ2v) is 6.30. The minimum atomic E-state index is -0.325. The Morgan fingerprint density at radius 3 is 2.57 bits per heavy atom. The van der Waals surface area contributed by atoms with Crippen LogP contribution in [0.15, 0.2) is 39.3 Å². The van der Waals surface area contributed by atoms with E-state index in [1.165, 1.54) is 6.07 Å². The molecule has 0 spiro atoms. The van der Waals surface area contributed by atoms with E-state index in [9.17, 15) is 4.79 Å². The first-order valence-electron chi connectivity index (χ1n) is 5.81. The molecule has 2 aromatic carbocycles. The molecule has 3 N–H and O–H groups in total. The largest absolute Gasteiger partial charge is 0.495 e. The van der Waals surface area contributed by atoms with E-state index in [4.69, 9.17) is 22.1 Å². The number of hydrogen-bond donors (Lipinski definition) is 2. The SMILES string of the molecule is COc1cc(NC(=O)c2ccc(Cl)cc2N)c(Br)cc1Br. The maximum Gasteiger partial charge on any atom is 0.257 e. The molecule has 7 heteroatoms. The Morgan fingerprint density at radius 1 is 1.24 bits per heavy atom. The maximum absolute atomic E-state index is 12.3. The number of nitrogens with two attached hydrogens (primary N) is 1. The zero-order valence-electron chi connectivity index (χ0n) is 10.9. The van der Waals surface area contributed by atoms with Crippen LogP contribution in [0, 0.1) is 0 Å². The summed E-state index contributed by atoms with van der Waals surface area (Å²) in [4.78, 5) is 12.3. The van der Waals surface area contributed by atoms with Gasteiger partial charge in [0.15, 0.2) is 0 Å². The van der Waals surface area contributed by atoms with Gasteiger partial charge < -0.3 is 15.8 Å². The zero-order valence-corrected chi connectivity index (χ0v) is 14.8. The van der Waals surface area contributed by atoms with Crippen LogP contribution in [-0.4, -0.2) is 13.0 Å². The molecule has 21 heavy (non-hydrogen) atoms. The number of carbonyl (C=O) groups excluding carboxylic acids is 1. The average Bonchev–Trinajstić information content (AvgIpc) is 2.41. The van der Waals surface area contributed by atoms with Crippen molar-refractivity contribution in [3.63, 3.8) is 0 Å². The molecule has 0 atom stereocenters. The van der Waals surface area contributed by atoms with Crippen molar-refractivity contribution < 1.29 is 9.53 Å². The lowest BCUT2D eigenvalue weighted by Crippen LogP contribution is -2.14. The quantitative estimate of drug-likeness (QED) is 0.688. The molecular weight excluding hydrogens is 423 g/mol. The topological polar surface area (TPSA) is 64.3 Å². The smallest absolute Gasteiger partial charge is 0.257 e. The molecular formula is C14H11Br2ClN2O2. The van der Waals surface area contributed by atoms with Gasteiger partial charge in [-0.2, -0.15) is 0 Å². The van der Waals surface area contributed by atoms with Crippen molar-refractivity contribution in [2.45, 2.75) is 0 Å². The normalized spacial score (nSPS) is 10.3. The van der Waals surface area contributed by atoms with Crippen LogP contribution in [0.3, 0.4) is 0 Å². The molecule has 0 aliphatic rings. The van der Waals surface area contributed by atoms with Gasteiger partial charge in [-0.05, 0) is 56.1 Å². The van der Waals surface area contributed by atoms with Crippen LogP contribution in [0.1, 0.15) is 10.4 Å². The molecule has 0 unspecified atom stereocenters. The molecule has 0 aliphatic heterocycles. The van der Waals surface area contributed by atoms with Gasteiger partial charge in [-0.25, -0.2) is 0 Å². The van der Waals surface area contributed by atoms with Gasteiger partial charge in [-0.15, -0.1) is 0 Å². The standard InChI is InChI=1S/C14H11Br2ClN2O2/c1-21-13-6-12(9(15)5-10(13)16)19-14(20)8-3-2-7(17)4-11(8)18/h2-6H,18H2,1H3,(H,19,20). The Balaban J connectivity index is 2.31. The van der Waals surface area contributed by atoms with E-state index >= 15 is 0 Å². The summed E-state index contributed by atoms with van der Waals surface area (Å²) in [6.45, 7) is 0. The van der Waals surface area contributed by atoms with Crippen molar-refractivity contribution in [3.05, 3.63) is 49.9 Å². The van der Waals surface area contributed by atoms with E-state index in [0.29, 0.717) is 27.7 Å².